The summed E-state index contributed by atoms with van der Waals surface area (Å²) in [5, 5.41) is 7.02. The molecule has 0 bridgehead atoms. The van der Waals surface area contributed by atoms with E-state index in [0.29, 0.717) is 33.1 Å². The van der Waals surface area contributed by atoms with Crippen LogP contribution in [0.25, 0.3) is 0 Å². The van der Waals surface area contributed by atoms with Crippen LogP contribution in [0.2, 0.25) is 5.02 Å². The summed E-state index contributed by atoms with van der Waals surface area (Å²) in [5.41, 5.74) is 1.28. The van der Waals surface area contributed by atoms with Crippen molar-refractivity contribution in [1.29, 1.82) is 0 Å². The lowest BCUT2D eigenvalue weighted by Crippen LogP contribution is -2.46. The van der Waals surface area contributed by atoms with Gasteiger partial charge in [-0.05, 0) is 63.0 Å². The van der Waals surface area contributed by atoms with Crippen molar-refractivity contribution in [2.45, 2.75) is 52.0 Å². The summed E-state index contributed by atoms with van der Waals surface area (Å²) in [6.07, 6.45) is 5.98. The standard InChI is InChI=1S/C23H30ClN3O2S/c1-3-4-12-27-13-8-7-9-17(27)15-25-23(29)21-16(2)14-20(30-21)26-22(28)18-10-5-6-11-19(18)24/h5-6,10-11,14,17H,3-4,7-9,12-13,15H2,1-2H3,(H,25,29)(H,26,28). The van der Waals surface area contributed by atoms with E-state index >= 15 is 0 Å². The molecule has 0 spiro atoms. The number of carbonyl (C=O) groups is 2. The first-order valence-electron chi connectivity index (χ1n) is 10.7. The third-order valence-electron chi connectivity index (χ3n) is 5.53. The van der Waals surface area contributed by atoms with Gasteiger partial charge in [-0.2, -0.15) is 0 Å². The minimum absolute atomic E-state index is 0.0724. The zero-order valence-corrected chi connectivity index (χ0v) is 19.2. The van der Waals surface area contributed by atoms with Gasteiger partial charge in [0.05, 0.1) is 20.5 Å². The first-order chi connectivity index (χ1) is 14.5. The Labute approximate surface area is 187 Å². The van der Waals surface area contributed by atoms with Gasteiger partial charge in [0.25, 0.3) is 11.8 Å². The van der Waals surface area contributed by atoms with Gasteiger partial charge in [-0.25, -0.2) is 0 Å². The number of carbonyl (C=O) groups excluding carboxylic acids is 2. The number of likely N-dealkylation sites (tertiary alicyclic amines) is 1. The number of hydrogen-bond donors (Lipinski definition) is 2. The first-order valence-corrected chi connectivity index (χ1v) is 11.9. The Morgan fingerprint density at radius 1 is 1.23 bits per heavy atom. The average Bonchev–Trinajstić information content (AvgIpc) is 3.11. The Morgan fingerprint density at radius 2 is 2.03 bits per heavy atom. The molecule has 1 aliphatic heterocycles. The highest BCUT2D eigenvalue weighted by Crippen LogP contribution is 2.28. The quantitative estimate of drug-likeness (QED) is 0.573. The van der Waals surface area contributed by atoms with Crippen LogP contribution in [0.3, 0.4) is 0 Å². The number of aryl methyl sites for hydroxylation is 1. The van der Waals surface area contributed by atoms with Crippen molar-refractivity contribution in [2.24, 2.45) is 0 Å². The molecule has 1 unspecified atom stereocenters. The lowest BCUT2D eigenvalue weighted by atomic mass is 10.0. The normalized spacial score (nSPS) is 17.0. The molecule has 2 amide bonds. The van der Waals surface area contributed by atoms with E-state index in [9.17, 15) is 9.59 Å². The molecule has 2 heterocycles. The molecular weight excluding hydrogens is 418 g/mol. The highest BCUT2D eigenvalue weighted by Gasteiger charge is 2.23. The van der Waals surface area contributed by atoms with Crippen LogP contribution < -0.4 is 10.6 Å². The summed E-state index contributed by atoms with van der Waals surface area (Å²) >= 11 is 7.40. The van der Waals surface area contributed by atoms with Gasteiger partial charge in [0.15, 0.2) is 0 Å². The Balaban J connectivity index is 1.59. The maximum Gasteiger partial charge on any atom is 0.261 e. The maximum atomic E-state index is 12.8. The van der Waals surface area contributed by atoms with E-state index in [4.69, 9.17) is 11.6 Å². The fourth-order valence-corrected chi connectivity index (χ4v) is 5.04. The predicted octanol–water partition coefficient (Wildman–Crippen LogP) is 5.35. The molecule has 0 radical (unpaired) electrons. The molecule has 1 aliphatic rings. The van der Waals surface area contributed by atoms with Crippen molar-refractivity contribution in [2.75, 3.05) is 25.0 Å². The van der Waals surface area contributed by atoms with Gasteiger partial charge in [0, 0.05) is 12.6 Å². The number of hydrogen-bond acceptors (Lipinski definition) is 4. The van der Waals surface area contributed by atoms with Crippen molar-refractivity contribution < 1.29 is 9.59 Å². The number of benzene rings is 1. The molecule has 30 heavy (non-hydrogen) atoms. The maximum absolute atomic E-state index is 12.8. The largest absolute Gasteiger partial charge is 0.350 e. The van der Waals surface area contributed by atoms with Crippen LogP contribution in [0.15, 0.2) is 30.3 Å². The van der Waals surface area contributed by atoms with Gasteiger partial charge in [0.2, 0.25) is 0 Å². The van der Waals surface area contributed by atoms with Gasteiger partial charge in [-0.1, -0.05) is 43.5 Å². The number of thiophene rings is 1. The van der Waals surface area contributed by atoms with Crippen LogP contribution in [-0.2, 0) is 0 Å². The highest BCUT2D eigenvalue weighted by molar-refractivity contribution is 7.18. The van der Waals surface area contributed by atoms with E-state index in [-0.39, 0.29) is 11.8 Å². The zero-order chi connectivity index (χ0) is 21.5. The lowest BCUT2D eigenvalue weighted by molar-refractivity contribution is 0.0915. The molecule has 1 atom stereocenters. The Morgan fingerprint density at radius 3 is 2.80 bits per heavy atom. The third kappa shape index (κ3) is 5.84. The summed E-state index contributed by atoms with van der Waals surface area (Å²) in [4.78, 5) is 28.4. The smallest absolute Gasteiger partial charge is 0.261 e. The number of nitrogens with zero attached hydrogens (tertiary/aromatic N) is 1. The lowest BCUT2D eigenvalue weighted by Gasteiger charge is -2.35. The SMILES string of the molecule is CCCCN1CCCCC1CNC(=O)c1sc(NC(=O)c2ccccc2Cl)cc1C. The highest BCUT2D eigenvalue weighted by atomic mass is 35.5. The summed E-state index contributed by atoms with van der Waals surface area (Å²) in [7, 11) is 0. The molecule has 1 aromatic heterocycles. The molecule has 2 N–H and O–H groups in total. The minimum Gasteiger partial charge on any atom is -0.350 e. The molecule has 1 aromatic carbocycles. The zero-order valence-electron chi connectivity index (χ0n) is 17.7. The van der Waals surface area contributed by atoms with Crippen LogP contribution >= 0.6 is 22.9 Å². The van der Waals surface area contributed by atoms with Gasteiger partial charge in [-0.15, -0.1) is 11.3 Å². The first kappa shape index (κ1) is 22.8. The van der Waals surface area contributed by atoms with Gasteiger partial charge in [-0.3, -0.25) is 14.5 Å². The van der Waals surface area contributed by atoms with E-state index in [2.05, 4.69) is 22.5 Å². The van der Waals surface area contributed by atoms with E-state index < -0.39 is 0 Å². The number of piperidine rings is 1. The van der Waals surface area contributed by atoms with E-state index in [1.807, 2.05) is 13.0 Å². The molecule has 0 aliphatic carbocycles. The number of amides is 2. The van der Waals surface area contributed by atoms with Crippen molar-refractivity contribution >= 4 is 39.8 Å². The molecule has 5 nitrogen and oxygen atoms in total. The average molecular weight is 448 g/mol. The summed E-state index contributed by atoms with van der Waals surface area (Å²) in [5.74, 6) is -0.348. The summed E-state index contributed by atoms with van der Waals surface area (Å²) in [6, 6.07) is 9.17. The predicted molar refractivity (Wildman–Crippen MR) is 125 cm³/mol. The van der Waals surface area contributed by atoms with Gasteiger partial charge < -0.3 is 10.6 Å². The Kier molecular flexibility index (Phi) is 8.31. The molecule has 2 aromatic rings. The molecular formula is C23H30ClN3O2S. The van der Waals surface area contributed by atoms with E-state index in [1.54, 1.807) is 24.3 Å². The second-order valence-electron chi connectivity index (χ2n) is 7.81. The van der Waals surface area contributed by atoms with E-state index in [1.165, 1.54) is 37.0 Å². The van der Waals surface area contributed by atoms with Crippen LogP contribution in [0, 0.1) is 6.92 Å². The van der Waals surface area contributed by atoms with Crippen LogP contribution in [0.4, 0.5) is 5.00 Å². The number of nitrogens with one attached hydrogen (secondary N) is 2. The third-order valence-corrected chi connectivity index (χ3v) is 7.01. The monoisotopic (exact) mass is 447 g/mol. The molecule has 7 heteroatoms. The van der Waals surface area contributed by atoms with Crippen molar-refractivity contribution in [3.8, 4) is 0 Å². The van der Waals surface area contributed by atoms with Gasteiger partial charge >= 0.3 is 0 Å². The van der Waals surface area contributed by atoms with E-state index in [0.717, 1.165) is 25.1 Å². The number of unbranched alkanes of at least 4 members (excludes halogenated alkanes) is 1. The number of rotatable bonds is 8. The van der Waals surface area contributed by atoms with Gasteiger partial charge in [0.1, 0.15) is 0 Å². The Hall–Kier alpha value is -1.89. The molecule has 1 fully saturated rings. The molecule has 1 saturated heterocycles. The fraction of sp³-hybridized carbons (Fsp3) is 0.478. The topological polar surface area (TPSA) is 61.4 Å². The minimum atomic E-state index is -0.275. The molecule has 162 valence electrons. The second kappa shape index (κ2) is 10.9. The summed E-state index contributed by atoms with van der Waals surface area (Å²) < 4.78 is 0. The molecule has 0 saturated carbocycles. The number of halogens is 1. The van der Waals surface area contributed by atoms with Crippen molar-refractivity contribution in [3.63, 3.8) is 0 Å². The van der Waals surface area contributed by atoms with Crippen LogP contribution in [-0.4, -0.2) is 42.4 Å². The second-order valence-corrected chi connectivity index (χ2v) is 9.27. The van der Waals surface area contributed by atoms with Crippen LogP contribution in [0.1, 0.15) is 64.6 Å². The van der Waals surface area contributed by atoms with Crippen molar-refractivity contribution in [1.82, 2.24) is 10.2 Å². The molecule has 3 rings (SSSR count). The summed E-state index contributed by atoms with van der Waals surface area (Å²) in [6.45, 7) is 7.00. The van der Waals surface area contributed by atoms with Crippen molar-refractivity contribution in [3.05, 3.63) is 51.4 Å². The Bertz CT molecular complexity index is 883. The fourth-order valence-electron chi connectivity index (χ4n) is 3.83. The number of anilines is 1. The van der Waals surface area contributed by atoms with Crippen LogP contribution in [0.5, 0.6) is 0 Å².